The molecule has 0 spiro atoms. The molecule has 23 heavy (non-hydrogen) atoms. The van der Waals surface area contributed by atoms with Gasteiger partial charge in [-0.1, -0.05) is 29.8 Å². The molecule has 0 aliphatic rings. The number of fused-ring (bicyclic) bond motifs is 1. The minimum atomic E-state index is -0.539. The van der Waals surface area contributed by atoms with Gasteiger partial charge < -0.3 is 8.83 Å². The van der Waals surface area contributed by atoms with Crippen LogP contribution in [0.1, 0.15) is 0 Å². The van der Waals surface area contributed by atoms with E-state index >= 15 is 0 Å². The standard InChI is InChI=1S/C17H9ClN2O3/c18-12-6-7-14-11(8-12)9-13(17(21)22-14)16-20-19-15(23-16)10-4-2-1-3-5-10/h1-9H. The lowest BCUT2D eigenvalue weighted by atomic mass is 10.2. The molecule has 4 rings (SSSR count). The monoisotopic (exact) mass is 324 g/mol. The molecule has 0 saturated heterocycles. The molecule has 0 amide bonds. The van der Waals surface area contributed by atoms with Crippen LogP contribution < -0.4 is 5.63 Å². The van der Waals surface area contributed by atoms with Gasteiger partial charge in [0.05, 0.1) is 0 Å². The molecular formula is C17H9ClN2O3. The highest BCUT2D eigenvalue weighted by molar-refractivity contribution is 6.31. The van der Waals surface area contributed by atoms with Crippen molar-refractivity contribution in [1.29, 1.82) is 0 Å². The minimum Gasteiger partial charge on any atom is -0.422 e. The van der Waals surface area contributed by atoms with Crippen LogP contribution in [0.25, 0.3) is 33.9 Å². The maximum absolute atomic E-state index is 12.1. The number of hydrogen-bond acceptors (Lipinski definition) is 5. The molecule has 0 aliphatic carbocycles. The molecule has 0 bridgehead atoms. The number of aromatic nitrogens is 2. The van der Waals surface area contributed by atoms with Crippen LogP contribution in [-0.2, 0) is 0 Å². The molecular weight excluding hydrogens is 316 g/mol. The van der Waals surface area contributed by atoms with Gasteiger partial charge in [-0.3, -0.25) is 0 Å². The van der Waals surface area contributed by atoms with Crippen molar-refractivity contribution >= 4 is 22.6 Å². The average molecular weight is 325 g/mol. The SMILES string of the molecule is O=c1oc2ccc(Cl)cc2cc1-c1nnc(-c2ccccc2)o1. The number of benzene rings is 2. The van der Waals surface area contributed by atoms with Crippen LogP contribution in [0.3, 0.4) is 0 Å². The zero-order chi connectivity index (χ0) is 15.8. The van der Waals surface area contributed by atoms with E-state index in [2.05, 4.69) is 10.2 Å². The van der Waals surface area contributed by atoms with Crippen LogP contribution >= 0.6 is 11.6 Å². The van der Waals surface area contributed by atoms with Gasteiger partial charge in [0.1, 0.15) is 11.1 Å². The second-order valence-corrected chi connectivity index (χ2v) is 5.34. The Labute approximate surface area is 135 Å². The van der Waals surface area contributed by atoms with E-state index < -0.39 is 5.63 Å². The second-order valence-electron chi connectivity index (χ2n) is 4.91. The summed E-state index contributed by atoms with van der Waals surface area (Å²) in [6, 6.07) is 16.0. The van der Waals surface area contributed by atoms with E-state index in [-0.39, 0.29) is 11.5 Å². The molecule has 0 radical (unpaired) electrons. The third kappa shape index (κ3) is 2.51. The Morgan fingerprint density at radius 1 is 0.870 bits per heavy atom. The van der Waals surface area contributed by atoms with Crippen molar-refractivity contribution in [2.24, 2.45) is 0 Å². The van der Waals surface area contributed by atoms with Crippen molar-refractivity contribution in [2.45, 2.75) is 0 Å². The van der Waals surface area contributed by atoms with Crippen LogP contribution in [0, 0.1) is 0 Å². The van der Waals surface area contributed by atoms with E-state index in [4.69, 9.17) is 20.4 Å². The first-order chi connectivity index (χ1) is 11.2. The van der Waals surface area contributed by atoms with Gasteiger partial charge in [-0.25, -0.2) is 4.79 Å². The molecule has 0 aliphatic heterocycles. The van der Waals surface area contributed by atoms with Gasteiger partial charge in [0, 0.05) is 16.0 Å². The second kappa shape index (κ2) is 5.37. The molecule has 6 heteroatoms. The van der Waals surface area contributed by atoms with Gasteiger partial charge in [0.25, 0.3) is 5.89 Å². The predicted molar refractivity (Wildman–Crippen MR) is 86.2 cm³/mol. The van der Waals surface area contributed by atoms with Gasteiger partial charge in [-0.2, -0.15) is 0 Å². The third-order valence-electron chi connectivity index (χ3n) is 3.37. The molecule has 112 valence electrons. The van der Waals surface area contributed by atoms with Crippen molar-refractivity contribution in [1.82, 2.24) is 10.2 Å². The zero-order valence-electron chi connectivity index (χ0n) is 11.7. The predicted octanol–water partition coefficient (Wildman–Crippen LogP) is 4.16. The van der Waals surface area contributed by atoms with Crippen LogP contribution in [0.4, 0.5) is 0 Å². The molecule has 0 saturated carbocycles. The van der Waals surface area contributed by atoms with Crippen molar-refractivity contribution in [3.8, 4) is 22.9 Å². The van der Waals surface area contributed by atoms with Crippen LogP contribution in [0.2, 0.25) is 5.02 Å². The highest BCUT2D eigenvalue weighted by Gasteiger charge is 2.15. The first-order valence-corrected chi connectivity index (χ1v) is 7.21. The van der Waals surface area contributed by atoms with Crippen LogP contribution in [0.15, 0.2) is 68.2 Å². The Bertz CT molecular complexity index is 1050. The lowest BCUT2D eigenvalue weighted by Crippen LogP contribution is -2.02. The van der Waals surface area contributed by atoms with Gasteiger partial charge >= 0.3 is 5.63 Å². The lowest BCUT2D eigenvalue weighted by Gasteiger charge is -1.99. The Hall–Kier alpha value is -2.92. The summed E-state index contributed by atoms with van der Waals surface area (Å²) < 4.78 is 10.9. The summed E-state index contributed by atoms with van der Waals surface area (Å²) in [5.41, 5.74) is 0.892. The normalized spacial score (nSPS) is 11.0. The quantitative estimate of drug-likeness (QED) is 0.518. The van der Waals surface area contributed by atoms with Crippen molar-refractivity contribution in [3.05, 3.63) is 70.0 Å². The van der Waals surface area contributed by atoms with E-state index in [1.165, 1.54) is 0 Å². The van der Waals surface area contributed by atoms with Crippen molar-refractivity contribution < 1.29 is 8.83 Å². The molecule has 0 unspecified atom stereocenters. The summed E-state index contributed by atoms with van der Waals surface area (Å²) in [6.07, 6.45) is 0. The fourth-order valence-electron chi connectivity index (χ4n) is 2.27. The summed E-state index contributed by atoms with van der Waals surface area (Å²) in [5, 5.41) is 9.16. The first-order valence-electron chi connectivity index (χ1n) is 6.83. The average Bonchev–Trinajstić information content (AvgIpc) is 3.05. The first kappa shape index (κ1) is 13.7. The Balaban J connectivity index is 1.85. The summed E-state index contributed by atoms with van der Waals surface area (Å²) in [7, 11) is 0. The Morgan fingerprint density at radius 3 is 2.48 bits per heavy atom. The number of nitrogens with zero attached hydrogens (tertiary/aromatic N) is 2. The minimum absolute atomic E-state index is 0.111. The largest absolute Gasteiger partial charge is 0.422 e. The zero-order valence-corrected chi connectivity index (χ0v) is 12.4. The highest BCUT2D eigenvalue weighted by atomic mass is 35.5. The van der Waals surface area contributed by atoms with E-state index in [9.17, 15) is 4.79 Å². The Morgan fingerprint density at radius 2 is 1.65 bits per heavy atom. The summed E-state index contributed by atoms with van der Waals surface area (Å²) in [6.45, 7) is 0. The molecule has 2 aromatic carbocycles. The van der Waals surface area contributed by atoms with Crippen molar-refractivity contribution in [3.63, 3.8) is 0 Å². The van der Waals surface area contributed by atoms with Gasteiger partial charge in [0.2, 0.25) is 5.89 Å². The van der Waals surface area contributed by atoms with Gasteiger partial charge in [-0.05, 0) is 36.4 Å². The summed E-state index contributed by atoms with van der Waals surface area (Å²) in [5.74, 6) is 0.450. The number of hydrogen-bond donors (Lipinski definition) is 0. The summed E-state index contributed by atoms with van der Waals surface area (Å²) >= 11 is 5.97. The molecule has 0 N–H and O–H groups in total. The molecule has 5 nitrogen and oxygen atoms in total. The third-order valence-corrected chi connectivity index (χ3v) is 3.61. The van der Waals surface area contributed by atoms with E-state index in [0.29, 0.717) is 21.9 Å². The molecule has 2 aromatic heterocycles. The van der Waals surface area contributed by atoms with E-state index in [0.717, 1.165) is 5.56 Å². The van der Waals surface area contributed by atoms with Crippen molar-refractivity contribution in [2.75, 3.05) is 0 Å². The molecule has 0 atom stereocenters. The van der Waals surface area contributed by atoms with Crippen LogP contribution in [-0.4, -0.2) is 10.2 Å². The van der Waals surface area contributed by atoms with Gasteiger partial charge in [0.15, 0.2) is 0 Å². The van der Waals surface area contributed by atoms with Gasteiger partial charge in [-0.15, -0.1) is 10.2 Å². The Kier molecular flexibility index (Phi) is 3.20. The smallest absolute Gasteiger partial charge is 0.349 e. The molecule has 4 aromatic rings. The van der Waals surface area contributed by atoms with Crippen LogP contribution in [0.5, 0.6) is 0 Å². The maximum atomic E-state index is 12.1. The topological polar surface area (TPSA) is 69.1 Å². The highest BCUT2D eigenvalue weighted by Crippen LogP contribution is 2.25. The maximum Gasteiger partial charge on any atom is 0.349 e. The van der Waals surface area contributed by atoms with E-state index in [1.54, 1.807) is 24.3 Å². The summed E-state index contributed by atoms with van der Waals surface area (Å²) in [4.78, 5) is 12.1. The fraction of sp³-hybridized carbons (Fsp3) is 0. The number of halogens is 1. The number of rotatable bonds is 2. The lowest BCUT2D eigenvalue weighted by molar-refractivity contribution is 0.547. The molecule has 2 heterocycles. The molecule has 0 fully saturated rings. The fourth-order valence-corrected chi connectivity index (χ4v) is 2.45. The van der Waals surface area contributed by atoms with E-state index in [1.807, 2.05) is 30.3 Å².